The number of rotatable bonds is 7. The van der Waals surface area contributed by atoms with Gasteiger partial charge in [0.2, 0.25) is 15.8 Å². The molecule has 0 atom stereocenters. The molecule has 1 aromatic rings. The minimum absolute atomic E-state index is 0.0458. The third-order valence-electron chi connectivity index (χ3n) is 1.98. The molecule has 0 saturated heterocycles. The second kappa shape index (κ2) is 6.89. The molecule has 20 heavy (non-hydrogen) atoms. The van der Waals surface area contributed by atoms with Gasteiger partial charge in [0.15, 0.2) is 10.9 Å². The second-order valence-corrected chi connectivity index (χ2v) is 7.43. The van der Waals surface area contributed by atoms with Crippen LogP contribution in [-0.2, 0) is 14.8 Å². The number of aromatic nitrogens is 1. The lowest BCUT2D eigenvalue weighted by Gasteiger charge is -2.06. The Balaban J connectivity index is 2.68. The highest BCUT2D eigenvalue weighted by Gasteiger charge is 2.18. The van der Waals surface area contributed by atoms with Gasteiger partial charge in [-0.15, -0.1) is 0 Å². The Morgan fingerprint density at radius 3 is 2.65 bits per heavy atom. The first kappa shape index (κ1) is 16.7. The maximum atomic E-state index is 11.7. The quantitative estimate of drug-likeness (QED) is 0.759. The smallest absolute Gasteiger partial charge is 0.309 e. The van der Waals surface area contributed by atoms with E-state index in [4.69, 9.17) is 4.42 Å². The number of anilines is 1. The first-order valence-electron chi connectivity index (χ1n) is 5.82. The summed E-state index contributed by atoms with van der Waals surface area (Å²) in [5.74, 6) is -0.690. The van der Waals surface area contributed by atoms with Crippen LogP contribution < -0.4 is 4.72 Å². The molecule has 0 unspecified atom stereocenters. The van der Waals surface area contributed by atoms with Crippen molar-refractivity contribution in [2.45, 2.75) is 20.8 Å². The summed E-state index contributed by atoms with van der Waals surface area (Å²) >= 11 is 0.850. The van der Waals surface area contributed by atoms with Gasteiger partial charge in [0.25, 0.3) is 0 Å². The number of ketones is 1. The van der Waals surface area contributed by atoms with Crippen molar-refractivity contribution in [2.75, 3.05) is 16.2 Å². The van der Waals surface area contributed by atoms with Gasteiger partial charge >= 0.3 is 6.01 Å². The van der Waals surface area contributed by atoms with Gasteiger partial charge in [-0.1, -0.05) is 25.6 Å². The lowest BCUT2D eigenvalue weighted by atomic mass is 10.3. The zero-order valence-electron chi connectivity index (χ0n) is 11.4. The van der Waals surface area contributed by atoms with Gasteiger partial charge in [-0.2, -0.15) is 0 Å². The van der Waals surface area contributed by atoms with Crippen LogP contribution in [-0.4, -0.2) is 35.8 Å². The fraction of sp³-hybridized carbons (Fsp3) is 0.545. The molecule has 1 aromatic heterocycles. The van der Waals surface area contributed by atoms with E-state index in [-0.39, 0.29) is 34.3 Å². The monoisotopic (exact) mass is 320 g/mol. The predicted molar refractivity (Wildman–Crippen MR) is 76.2 cm³/mol. The van der Waals surface area contributed by atoms with Gasteiger partial charge in [-0.25, -0.2) is 18.1 Å². The van der Waals surface area contributed by atoms with Crippen LogP contribution in [0.15, 0.2) is 10.6 Å². The Labute approximate surface area is 121 Å². The molecular formula is C11H16N2O5S2. The molecule has 1 heterocycles. The number of oxazole rings is 1. The molecule has 0 fully saturated rings. The fourth-order valence-corrected chi connectivity index (χ4v) is 3.10. The van der Waals surface area contributed by atoms with Gasteiger partial charge < -0.3 is 4.42 Å². The van der Waals surface area contributed by atoms with Crippen molar-refractivity contribution in [3.8, 4) is 0 Å². The lowest BCUT2D eigenvalue weighted by molar-refractivity contribution is -0.109. The van der Waals surface area contributed by atoms with E-state index in [1.54, 1.807) is 13.8 Å². The Morgan fingerprint density at radius 2 is 2.10 bits per heavy atom. The van der Waals surface area contributed by atoms with E-state index in [0.717, 1.165) is 18.0 Å². The fourth-order valence-electron chi connectivity index (χ4n) is 1.30. The molecule has 0 aliphatic rings. The number of thioether (sulfide) groups is 1. The van der Waals surface area contributed by atoms with E-state index in [2.05, 4.69) is 9.71 Å². The third-order valence-corrected chi connectivity index (χ3v) is 4.39. The van der Waals surface area contributed by atoms with Crippen molar-refractivity contribution < 1.29 is 22.4 Å². The molecule has 1 rings (SSSR count). The summed E-state index contributed by atoms with van der Waals surface area (Å²) < 4.78 is 30.5. The molecule has 0 aliphatic carbocycles. The van der Waals surface area contributed by atoms with Crippen molar-refractivity contribution in [3.05, 3.63) is 12.0 Å². The summed E-state index contributed by atoms with van der Waals surface area (Å²) in [6, 6.07) is -0.248. The van der Waals surface area contributed by atoms with Gasteiger partial charge in [0.05, 0.1) is 17.7 Å². The minimum atomic E-state index is -3.55. The first-order valence-corrected chi connectivity index (χ1v) is 8.46. The van der Waals surface area contributed by atoms with Crippen LogP contribution >= 0.6 is 11.8 Å². The minimum Gasteiger partial charge on any atom is -0.420 e. The number of hydrogen-bond donors (Lipinski definition) is 1. The van der Waals surface area contributed by atoms with Crippen LogP contribution in [0.1, 0.15) is 31.3 Å². The number of carbonyl (C=O) groups excluding carboxylic acids is 2. The van der Waals surface area contributed by atoms with Crippen LogP contribution in [0, 0.1) is 5.92 Å². The molecular weight excluding hydrogens is 304 g/mol. The first-order chi connectivity index (χ1) is 9.19. The van der Waals surface area contributed by atoms with Gasteiger partial charge in [0.1, 0.15) is 0 Å². The Bertz CT molecular complexity index is 592. The van der Waals surface area contributed by atoms with E-state index in [0.29, 0.717) is 0 Å². The zero-order valence-corrected chi connectivity index (χ0v) is 13.0. The van der Waals surface area contributed by atoms with E-state index in [9.17, 15) is 18.0 Å². The van der Waals surface area contributed by atoms with E-state index in [1.165, 1.54) is 6.92 Å². The molecule has 0 aliphatic heterocycles. The molecule has 1 N–H and O–H groups in total. The van der Waals surface area contributed by atoms with Crippen LogP contribution in [0.4, 0.5) is 6.01 Å². The van der Waals surface area contributed by atoms with Crippen molar-refractivity contribution in [1.82, 2.24) is 4.98 Å². The van der Waals surface area contributed by atoms with Crippen LogP contribution in [0.25, 0.3) is 0 Å². The average Bonchev–Trinajstić information content (AvgIpc) is 2.71. The van der Waals surface area contributed by atoms with Gasteiger partial charge in [0, 0.05) is 6.92 Å². The number of nitrogens with zero attached hydrogens (tertiary/aromatic N) is 1. The number of Topliss-reactive ketones (excluding diaryl/α,β-unsaturated/α-hetero) is 1. The van der Waals surface area contributed by atoms with Gasteiger partial charge in [-0.3, -0.25) is 9.59 Å². The highest BCUT2D eigenvalue weighted by atomic mass is 32.2. The largest absolute Gasteiger partial charge is 0.420 e. The average molecular weight is 320 g/mol. The van der Waals surface area contributed by atoms with Crippen molar-refractivity contribution in [3.63, 3.8) is 0 Å². The summed E-state index contributed by atoms with van der Waals surface area (Å²) in [5, 5.41) is -0.185. The normalized spacial score (nSPS) is 11.6. The van der Waals surface area contributed by atoms with E-state index < -0.39 is 15.8 Å². The lowest BCUT2D eigenvalue weighted by Crippen LogP contribution is -2.20. The van der Waals surface area contributed by atoms with Crippen molar-refractivity contribution in [2.24, 2.45) is 5.92 Å². The summed E-state index contributed by atoms with van der Waals surface area (Å²) in [4.78, 5) is 26.1. The number of nitrogens with one attached hydrogen (secondary N) is 1. The standard InChI is InChI=1S/C11H16N2O5S2/c1-7(2)6-20(16,17)13-11-12-4-10(18-11)9(15)5-19-8(3)14/h4,7H,5-6H2,1-3H3,(H,12,13). The molecule has 112 valence electrons. The summed E-state index contributed by atoms with van der Waals surface area (Å²) in [6.45, 7) is 4.88. The SMILES string of the molecule is CC(=O)SCC(=O)c1cnc(NS(=O)(=O)CC(C)C)o1. The van der Waals surface area contributed by atoms with E-state index >= 15 is 0 Å². The summed E-state index contributed by atoms with van der Waals surface area (Å²) in [7, 11) is -3.55. The van der Waals surface area contributed by atoms with Crippen molar-refractivity contribution in [1.29, 1.82) is 0 Å². The summed E-state index contributed by atoms with van der Waals surface area (Å²) in [6.07, 6.45) is 1.14. The topological polar surface area (TPSA) is 106 Å². The molecule has 0 amide bonds. The zero-order chi connectivity index (χ0) is 15.3. The number of hydrogen-bond acceptors (Lipinski definition) is 7. The third kappa shape index (κ3) is 5.74. The molecule has 0 radical (unpaired) electrons. The predicted octanol–water partition coefficient (Wildman–Crippen LogP) is 1.53. The summed E-state index contributed by atoms with van der Waals surface area (Å²) in [5.41, 5.74) is 0. The highest BCUT2D eigenvalue weighted by molar-refractivity contribution is 8.14. The van der Waals surface area contributed by atoms with Crippen LogP contribution in [0.2, 0.25) is 0 Å². The van der Waals surface area contributed by atoms with Crippen LogP contribution in [0.3, 0.4) is 0 Å². The van der Waals surface area contributed by atoms with E-state index in [1.807, 2.05) is 0 Å². The molecule has 9 heteroatoms. The van der Waals surface area contributed by atoms with Crippen LogP contribution in [0.5, 0.6) is 0 Å². The molecule has 0 spiro atoms. The maximum Gasteiger partial charge on any atom is 0.309 e. The highest BCUT2D eigenvalue weighted by Crippen LogP contribution is 2.14. The Hall–Kier alpha value is -1.35. The number of carbonyl (C=O) groups is 2. The molecule has 7 nitrogen and oxygen atoms in total. The molecule has 0 bridgehead atoms. The van der Waals surface area contributed by atoms with Gasteiger partial charge in [-0.05, 0) is 5.92 Å². The van der Waals surface area contributed by atoms with Crippen molar-refractivity contribution >= 4 is 38.7 Å². The molecule has 0 aromatic carbocycles. The Morgan fingerprint density at radius 1 is 1.45 bits per heavy atom. The Kier molecular flexibility index (Phi) is 5.75. The second-order valence-electron chi connectivity index (χ2n) is 4.51. The molecule has 0 saturated carbocycles. The number of sulfonamides is 1. The maximum absolute atomic E-state index is 11.7.